The van der Waals surface area contributed by atoms with Gasteiger partial charge in [-0.25, -0.2) is 4.98 Å². The van der Waals surface area contributed by atoms with Crippen molar-refractivity contribution < 1.29 is 9.59 Å². The van der Waals surface area contributed by atoms with Crippen LogP contribution in [0.2, 0.25) is 0 Å². The van der Waals surface area contributed by atoms with Gasteiger partial charge in [0.25, 0.3) is 0 Å². The van der Waals surface area contributed by atoms with Crippen LogP contribution in [0.15, 0.2) is 24.3 Å². The molecule has 1 aromatic heterocycles. The fraction of sp³-hybridized carbons (Fsp3) is 0.625. The molecule has 30 heavy (non-hydrogen) atoms. The fourth-order valence-corrected chi connectivity index (χ4v) is 3.46. The van der Waals surface area contributed by atoms with E-state index in [9.17, 15) is 9.59 Å². The first-order valence-electron chi connectivity index (χ1n) is 10.9. The molecule has 1 atom stereocenters. The van der Waals surface area contributed by atoms with Crippen LogP contribution < -0.4 is 5.32 Å². The van der Waals surface area contributed by atoms with Crippen molar-refractivity contribution in [2.45, 2.75) is 68.0 Å². The maximum absolute atomic E-state index is 13.3. The third-order valence-corrected chi connectivity index (χ3v) is 4.92. The van der Waals surface area contributed by atoms with Crippen LogP contribution in [0, 0.1) is 17.3 Å². The molecule has 6 heteroatoms. The van der Waals surface area contributed by atoms with E-state index >= 15 is 0 Å². The number of carbonyl (C=O) groups excluding carboxylic acids is 2. The number of aromatic nitrogens is 2. The lowest BCUT2D eigenvalue weighted by atomic mass is 9.95. The van der Waals surface area contributed by atoms with E-state index in [1.165, 1.54) is 0 Å². The number of fused-ring (bicyclic) bond motifs is 1. The van der Waals surface area contributed by atoms with Gasteiger partial charge in [0.1, 0.15) is 12.4 Å². The summed E-state index contributed by atoms with van der Waals surface area (Å²) < 4.78 is 1.96. The minimum absolute atomic E-state index is 0.0406. The molecule has 0 fully saturated rings. The topological polar surface area (TPSA) is 67.2 Å². The molecule has 2 rings (SSSR count). The second kappa shape index (κ2) is 9.63. The SMILES string of the molecule is CC(C)CN(CC(C)C)C(=O)Cn1c(C(C)NC(=O)C(C)(C)C)nc2ccccc21. The summed E-state index contributed by atoms with van der Waals surface area (Å²) in [5.41, 5.74) is 1.25. The molecule has 0 aliphatic rings. The van der Waals surface area contributed by atoms with Gasteiger partial charge in [-0.2, -0.15) is 0 Å². The number of amides is 2. The van der Waals surface area contributed by atoms with Crippen molar-refractivity contribution in [2.75, 3.05) is 13.1 Å². The van der Waals surface area contributed by atoms with Gasteiger partial charge in [0.15, 0.2) is 0 Å². The number of benzene rings is 1. The van der Waals surface area contributed by atoms with E-state index in [1.807, 2.05) is 61.4 Å². The first-order chi connectivity index (χ1) is 13.9. The first-order valence-corrected chi connectivity index (χ1v) is 10.9. The number of nitrogens with one attached hydrogen (secondary N) is 1. The molecular formula is C24H38N4O2. The van der Waals surface area contributed by atoms with Crippen molar-refractivity contribution in [1.82, 2.24) is 19.8 Å². The lowest BCUT2D eigenvalue weighted by molar-refractivity contribution is -0.132. The molecule has 0 saturated heterocycles. The second-order valence-electron chi connectivity index (χ2n) is 10.1. The van der Waals surface area contributed by atoms with Crippen molar-refractivity contribution in [1.29, 1.82) is 0 Å². The summed E-state index contributed by atoms with van der Waals surface area (Å²) in [4.78, 5) is 32.5. The van der Waals surface area contributed by atoms with Crippen molar-refractivity contribution in [3.05, 3.63) is 30.1 Å². The molecule has 1 aromatic carbocycles. The van der Waals surface area contributed by atoms with Crippen LogP contribution in [0.4, 0.5) is 0 Å². The molecule has 166 valence electrons. The highest BCUT2D eigenvalue weighted by Crippen LogP contribution is 2.23. The van der Waals surface area contributed by atoms with E-state index < -0.39 is 5.41 Å². The Morgan fingerprint density at radius 1 is 1.03 bits per heavy atom. The number of nitrogens with zero attached hydrogens (tertiary/aromatic N) is 3. The number of imidazole rings is 1. The van der Waals surface area contributed by atoms with Gasteiger partial charge in [0.05, 0.1) is 17.1 Å². The summed E-state index contributed by atoms with van der Waals surface area (Å²) in [5.74, 6) is 1.54. The Hall–Kier alpha value is -2.37. The average Bonchev–Trinajstić information content (AvgIpc) is 2.98. The molecule has 2 aromatic rings. The normalized spacial score (nSPS) is 13.1. The molecule has 1 N–H and O–H groups in total. The van der Waals surface area contributed by atoms with Crippen LogP contribution in [0.1, 0.15) is 67.3 Å². The molecule has 0 aliphatic carbocycles. The molecule has 0 bridgehead atoms. The molecule has 0 saturated carbocycles. The van der Waals surface area contributed by atoms with E-state index in [4.69, 9.17) is 4.98 Å². The van der Waals surface area contributed by atoms with Gasteiger partial charge < -0.3 is 14.8 Å². The van der Waals surface area contributed by atoms with E-state index in [-0.39, 0.29) is 24.4 Å². The predicted molar refractivity (Wildman–Crippen MR) is 122 cm³/mol. The smallest absolute Gasteiger partial charge is 0.242 e. The molecular weight excluding hydrogens is 376 g/mol. The maximum Gasteiger partial charge on any atom is 0.242 e. The minimum atomic E-state index is -0.494. The van der Waals surface area contributed by atoms with E-state index in [0.29, 0.717) is 17.7 Å². The maximum atomic E-state index is 13.3. The third kappa shape index (κ3) is 6.07. The van der Waals surface area contributed by atoms with Gasteiger partial charge in [-0.05, 0) is 30.9 Å². The lowest BCUT2D eigenvalue weighted by Crippen LogP contribution is -2.40. The molecule has 0 spiro atoms. The van der Waals surface area contributed by atoms with Crippen molar-refractivity contribution in [3.8, 4) is 0 Å². The average molecular weight is 415 g/mol. The summed E-state index contributed by atoms with van der Waals surface area (Å²) >= 11 is 0. The van der Waals surface area contributed by atoms with E-state index in [0.717, 1.165) is 24.1 Å². The van der Waals surface area contributed by atoms with Crippen LogP contribution in [-0.4, -0.2) is 39.4 Å². The Balaban J connectivity index is 2.38. The zero-order chi connectivity index (χ0) is 22.6. The fourth-order valence-electron chi connectivity index (χ4n) is 3.46. The molecule has 1 unspecified atom stereocenters. The molecule has 2 amide bonds. The summed E-state index contributed by atoms with van der Waals surface area (Å²) in [7, 11) is 0. The predicted octanol–water partition coefficient (Wildman–Crippen LogP) is 4.40. The van der Waals surface area contributed by atoms with E-state index in [2.05, 4.69) is 33.0 Å². The largest absolute Gasteiger partial charge is 0.346 e. The number of hydrogen-bond donors (Lipinski definition) is 1. The van der Waals surface area contributed by atoms with E-state index in [1.54, 1.807) is 0 Å². The highest BCUT2D eigenvalue weighted by Gasteiger charge is 2.27. The highest BCUT2D eigenvalue weighted by atomic mass is 16.2. The zero-order valence-electron chi connectivity index (χ0n) is 19.8. The number of hydrogen-bond acceptors (Lipinski definition) is 3. The minimum Gasteiger partial charge on any atom is -0.346 e. The van der Waals surface area contributed by atoms with Crippen LogP contribution in [0.3, 0.4) is 0 Å². The summed E-state index contributed by atoms with van der Waals surface area (Å²) in [6.07, 6.45) is 0. The Morgan fingerprint density at radius 3 is 2.13 bits per heavy atom. The van der Waals surface area contributed by atoms with Crippen LogP contribution in [0.5, 0.6) is 0 Å². The highest BCUT2D eigenvalue weighted by molar-refractivity contribution is 5.83. The number of carbonyl (C=O) groups is 2. The van der Waals surface area contributed by atoms with Gasteiger partial charge >= 0.3 is 0 Å². The quantitative estimate of drug-likeness (QED) is 0.696. The lowest BCUT2D eigenvalue weighted by Gasteiger charge is -2.27. The second-order valence-corrected chi connectivity index (χ2v) is 10.1. The van der Waals surface area contributed by atoms with Gasteiger partial charge in [0.2, 0.25) is 11.8 Å². The standard InChI is InChI=1S/C24H38N4O2/c1-16(2)13-27(14-17(3)4)21(29)15-28-20-12-10-9-11-19(20)26-22(28)18(5)25-23(30)24(6,7)8/h9-12,16-18H,13-15H2,1-8H3,(H,25,30). The molecule has 6 nitrogen and oxygen atoms in total. The van der Waals surface area contributed by atoms with Crippen LogP contribution >= 0.6 is 0 Å². The molecule has 1 heterocycles. The zero-order valence-corrected chi connectivity index (χ0v) is 19.8. The van der Waals surface area contributed by atoms with Crippen molar-refractivity contribution in [3.63, 3.8) is 0 Å². The van der Waals surface area contributed by atoms with Crippen LogP contribution in [-0.2, 0) is 16.1 Å². The Morgan fingerprint density at radius 2 is 1.60 bits per heavy atom. The molecule has 0 radical (unpaired) electrons. The van der Waals surface area contributed by atoms with Crippen LogP contribution in [0.25, 0.3) is 11.0 Å². The number of para-hydroxylation sites is 2. The Kier molecular flexibility index (Phi) is 7.67. The van der Waals surface area contributed by atoms with Crippen molar-refractivity contribution in [2.24, 2.45) is 17.3 Å². The van der Waals surface area contributed by atoms with Gasteiger partial charge in [-0.15, -0.1) is 0 Å². The van der Waals surface area contributed by atoms with Gasteiger partial charge in [-0.1, -0.05) is 60.6 Å². The van der Waals surface area contributed by atoms with Gasteiger partial charge in [-0.3, -0.25) is 9.59 Å². The third-order valence-electron chi connectivity index (χ3n) is 4.92. The Bertz CT molecular complexity index is 867. The van der Waals surface area contributed by atoms with Crippen molar-refractivity contribution >= 4 is 22.8 Å². The summed E-state index contributed by atoms with van der Waals surface area (Å²) in [6, 6.07) is 7.51. The molecule has 0 aliphatic heterocycles. The monoisotopic (exact) mass is 414 g/mol. The van der Waals surface area contributed by atoms with Gasteiger partial charge in [0, 0.05) is 18.5 Å². The summed E-state index contributed by atoms with van der Waals surface area (Å²) in [5, 5.41) is 3.06. The first kappa shape index (κ1) is 23.9. The number of rotatable bonds is 8. The Labute approximate surface area is 181 Å². The summed E-state index contributed by atoms with van der Waals surface area (Å²) in [6.45, 7) is 17.8.